The van der Waals surface area contributed by atoms with Gasteiger partial charge in [0.1, 0.15) is 6.10 Å². The zero-order valence-corrected chi connectivity index (χ0v) is 11.1. The van der Waals surface area contributed by atoms with Crippen molar-refractivity contribution in [3.05, 3.63) is 35.4 Å². The highest BCUT2D eigenvalue weighted by atomic mass is 16.3. The van der Waals surface area contributed by atoms with E-state index < -0.39 is 6.10 Å². The average Bonchev–Trinajstić information content (AvgIpc) is 2.46. The fraction of sp³-hybridized carbons (Fsp3) is 0.562. The van der Waals surface area contributed by atoms with Gasteiger partial charge in [0, 0.05) is 5.56 Å². The van der Waals surface area contributed by atoms with Crippen LogP contribution < -0.4 is 0 Å². The number of benzene rings is 1. The minimum Gasteiger partial charge on any atom is -0.385 e. The normalized spacial score (nSPS) is 18.6. The monoisotopic (exact) mass is 246 g/mol. The lowest BCUT2D eigenvalue weighted by molar-refractivity contribution is 0.0739. The predicted octanol–water partition coefficient (Wildman–Crippen LogP) is 3.69. The van der Waals surface area contributed by atoms with E-state index in [1.807, 2.05) is 25.1 Å². The van der Waals surface area contributed by atoms with Crippen molar-refractivity contribution < 1.29 is 9.90 Å². The van der Waals surface area contributed by atoms with Crippen LogP contribution in [0.25, 0.3) is 0 Å². The molecule has 0 bridgehead atoms. The van der Waals surface area contributed by atoms with E-state index in [1.165, 1.54) is 32.1 Å². The van der Waals surface area contributed by atoms with Crippen LogP contribution in [0.5, 0.6) is 0 Å². The molecule has 0 aromatic heterocycles. The van der Waals surface area contributed by atoms with Crippen molar-refractivity contribution in [1.82, 2.24) is 0 Å². The molecule has 0 spiro atoms. The summed E-state index contributed by atoms with van der Waals surface area (Å²) in [5.74, 6) is 0.390. The number of carbonyl (C=O) groups is 1. The first-order valence-electron chi connectivity index (χ1n) is 7.05. The van der Waals surface area contributed by atoms with Crippen molar-refractivity contribution in [2.24, 2.45) is 0 Å². The Balaban J connectivity index is 2.27. The molecule has 2 rings (SSSR count). The van der Waals surface area contributed by atoms with Crippen LogP contribution in [-0.4, -0.2) is 17.0 Å². The van der Waals surface area contributed by atoms with Crippen LogP contribution in [0.15, 0.2) is 24.3 Å². The van der Waals surface area contributed by atoms with E-state index in [1.54, 1.807) is 0 Å². The number of carbonyl (C=O) groups excluding carboxylic acids is 1. The van der Waals surface area contributed by atoms with Gasteiger partial charge in [-0.15, -0.1) is 0 Å². The fourth-order valence-corrected chi connectivity index (χ4v) is 2.86. The molecule has 1 aliphatic rings. The minimum absolute atomic E-state index is 0.112. The van der Waals surface area contributed by atoms with Crippen molar-refractivity contribution in [2.75, 3.05) is 0 Å². The van der Waals surface area contributed by atoms with Crippen LogP contribution in [0.4, 0.5) is 0 Å². The first kappa shape index (κ1) is 13.3. The maximum Gasteiger partial charge on any atom is 0.191 e. The maximum absolute atomic E-state index is 12.2. The van der Waals surface area contributed by atoms with Crippen LogP contribution in [0.2, 0.25) is 0 Å². The number of hydrogen-bond acceptors (Lipinski definition) is 2. The zero-order valence-electron chi connectivity index (χ0n) is 11.1. The standard InChI is InChI=1S/C16H22O2/c1-2-15(17)16(18)14-11-7-6-10-13(14)12-8-4-3-5-9-12/h6-7,10-12,15,17H,2-5,8-9H2,1H3. The Morgan fingerprint density at radius 1 is 1.28 bits per heavy atom. The lowest BCUT2D eigenvalue weighted by Gasteiger charge is -2.24. The number of Topliss-reactive ketones (excluding diaryl/α,β-unsaturated/α-hetero) is 1. The predicted molar refractivity (Wildman–Crippen MR) is 72.9 cm³/mol. The van der Waals surface area contributed by atoms with Crippen LogP contribution >= 0.6 is 0 Å². The van der Waals surface area contributed by atoms with E-state index in [4.69, 9.17) is 0 Å². The van der Waals surface area contributed by atoms with Crippen LogP contribution in [-0.2, 0) is 0 Å². The van der Waals surface area contributed by atoms with Gasteiger partial charge < -0.3 is 5.11 Å². The van der Waals surface area contributed by atoms with Gasteiger partial charge in [-0.3, -0.25) is 4.79 Å². The second kappa shape index (κ2) is 6.14. The Bertz CT molecular complexity index is 405. The summed E-state index contributed by atoms with van der Waals surface area (Å²) in [5, 5.41) is 9.75. The first-order valence-corrected chi connectivity index (χ1v) is 7.05. The lowest BCUT2D eigenvalue weighted by Crippen LogP contribution is -2.22. The average molecular weight is 246 g/mol. The highest BCUT2D eigenvalue weighted by molar-refractivity contribution is 6.00. The van der Waals surface area contributed by atoms with Gasteiger partial charge in [0.2, 0.25) is 0 Å². The molecule has 0 radical (unpaired) electrons. The fourth-order valence-electron chi connectivity index (χ4n) is 2.86. The smallest absolute Gasteiger partial charge is 0.191 e. The summed E-state index contributed by atoms with van der Waals surface area (Å²) in [7, 11) is 0. The summed E-state index contributed by atoms with van der Waals surface area (Å²) in [6.07, 6.45) is 5.79. The molecule has 1 unspecified atom stereocenters. The van der Waals surface area contributed by atoms with E-state index >= 15 is 0 Å². The zero-order chi connectivity index (χ0) is 13.0. The molecule has 0 amide bonds. The third-order valence-corrected chi connectivity index (χ3v) is 3.96. The second-order valence-corrected chi connectivity index (χ2v) is 5.21. The Labute approximate surface area is 109 Å². The summed E-state index contributed by atoms with van der Waals surface area (Å²) in [6.45, 7) is 1.84. The number of rotatable bonds is 4. The third kappa shape index (κ3) is 2.81. The molecule has 2 heteroatoms. The van der Waals surface area contributed by atoms with Gasteiger partial charge >= 0.3 is 0 Å². The van der Waals surface area contributed by atoms with Gasteiger partial charge in [0.05, 0.1) is 0 Å². The second-order valence-electron chi connectivity index (χ2n) is 5.21. The maximum atomic E-state index is 12.2. The summed E-state index contributed by atoms with van der Waals surface area (Å²) in [5.41, 5.74) is 1.88. The van der Waals surface area contributed by atoms with E-state index in [2.05, 4.69) is 6.07 Å². The van der Waals surface area contributed by atoms with E-state index in [0.717, 1.165) is 11.1 Å². The molecule has 1 fully saturated rings. The molecule has 1 N–H and O–H groups in total. The molecule has 1 atom stereocenters. The highest BCUT2D eigenvalue weighted by Gasteiger charge is 2.23. The number of ketones is 1. The molecule has 0 heterocycles. The van der Waals surface area contributed by atoms with E-state index in [-0.39, 0.29) is 5.78 Å². The van der Waals surface area contributed by atoms with Crippen molar-refractivity contribution in [3.8, 4) is 0 Å². The van der Waals surface area contributed by atoms with Crippen LogP contribution in [0, 0.1) is 0 Å². The van der Waals surface area contributed by atoms with Crippen molar-refractivity contribution in [3.63, 3.8) is 0 Å². The summed E-state index contributed by atoms with van der Waals surface area (Å²) in [4.78, 5) is 12.2. The van der Waals surface area contributed by atoms with Gasteiger partial charge in [-0.05, 0) is 30.7 Å². The van der Waals surface area contributed by atoms with E-state index in [0.29, 0.717) is 12.3 Å². The Hall–Kier alpha value is -1.15. The summed E-state index contributed by atoms with van der Waals surface area (Å²) in [6, 6.07) is 7.82. The molecule has 1 saturated carbocycles. The van der Waals surface area contributed by atoms with Crippen molar-refractivity contribution >= 4 is 5.78 Å². The molecule has 0 saturated heterocycles. The summed E-state index contributed by atoms with van der Waals surface area (Å²) >= 11 is 0. The molecule has 0 aliphatic heterocycles. The van der Waals surface area contributed by atoms with Gasteiger partial charge in [0.15, 0.2) is 5.78 Å². The molecule has 1 aromatic carbocycles. The van der Waals surface area contributed by atoms with E-state index in [9.17, 15) is 9.90 Å². The van der Waals surface area contributed by atoms with Gasteiger partial charge in [-0.1, -0.05) is 50.5 Å². The van der Waals surface area contributed by atoms with Gasteiger partial charge in [-0.25, -0.2) is 0 Å². The summed E-state index contributed by atoms with van der Waals surface area (Å²) < 4.78 is 0. The quantitative estimate of drug-likeness (QED) is 0.823. The Morgan fingerprint density at radius 2 is 1.94 bits per heavy atom. The third-order valence-electron chi connectivity index (χ3n) is 3.96. The number of aliphatic hydroxyl groups excluding tert-OH is 1. The Kier molecular flexibility index (Phi) is 4.54. The molecular weight excluding hydrogens is 224 g/mol. The lowest BCUT2D eigenvalue weighted by atomic mass is 9.81. The first-order chi connectivity index (χ1) is 8.74. The largest absolute Gasteiger partial charge is 0.385 e. The minimum atomic E-state index is -0.852. The Morgan fingerprint density at radius 3 is 2.61 bits per heavy atom. The number of aliphatic hydroxyl groups is 1. The SMILES string of the molecule is CCC(O)C(=O)c1ccccc1C1CCCCC1. The molecule has 1 aromatic rings. The van der Waals surface area contributed by atoms with Crippen molar-refractivity contribution in [1.29, 1.82) is 0 Å². The van der Waals surface area contributed by atoms with Crippen molar-refractivity contribution in [2.45, 2.75) is 57.5 Å². The number of hydrogen-bond donors (Lipinski definition) is 1. The van der Waals surface area contributed by atoms with Crippen LogP contribution in [0.3, 0.4) is 0 Å². The highest BCUT2D eigenvalue weighted by Crippen LogP contribution is 2.34. The molecule has 1 aliphatic carbocycles. The van der Waals surface area contributed by atoms with Gasteiger partial charge in [-0.2, -0.15) is 0 Å². The van der Waals surface area contributed by atoms with Gasteiger partial charge in [0.25, 0.3) is 0 Å². The molecule has 18 heavy (non-hydrogen) atoms. The molecule has 98 valence electrons. The topological polar surface area (TPSA) is 37.3 Å². The molecule has 2 nitrogen and oxygen atoms in total. The molecular formula is C16H22O2. The van der Waals surface area contributed by atoms with Crippen LogP contribution in [0.1, 0.15) is 67.3 Å².